The molecule has 0 aliphatic carbocycles. The molecule has 2 aromatic heterocycles. The monoisotopic (exact) mass is 431 g/mol. The molecule has 0 fully saturated rings. The Kier molecular flexibility index (Phi) is 6.58. The predicted octanol–water partition coefficient (Wildman–Crippen LogP) is 1.60. The van der Waals surface area contributed by atoms with Crippen LogP contribution in [0.15, 0.2) is 45.4 Å². The summed E-state index contributed by atoms with van der Waals surface area (Å²) in [5.74, 6) is 0.726. The summed E-state index contributed by atoms with van der Waals surface area (Å²) in [6, 6.07) is 7.04. The van der Waals surface area contributed by atoms with Gasteiger partial charge in [0, 0.05) is 17.6 Å². The van der Waals surface area contributed by atoms with E-state index in [9.17, 15) is 14.4 Å². The van der Waals surface area contributed by atoms with Crippen LogP contribution in [-0.4, -0.2) is 36.8 Å². The molecular formula is C20H21N3O6S. The Morgan fingerprint density at radius 3 is 2.40 bits per heavy atom. The maximum atomic E-state index is 12.7. The highest BCUT2D eigenvalue weighted by Crippen LogP contribution is 2.38. The lowest BCUT2D eigenvalue weighted by Gasteiger charge is -2.14. The van der Waals surface area contributed by atoms with Crippen LogP contribution in [-0.2, 0) is 13.1 Å². The Labute approximate surface area is 175 Å². The zero-order valence-electron chi connectivity index (χ0n) is 16.7. The number of hydrogen-bond donors (Lipinski definition) is 2. The lowest BCUT2D eigenvalue weighted by atomic mass is 10.1. The first-order valence-corrected chi connectivity index (χ1v) is 9.78. The molecule has 0 bridgehead atoms. The third kappa shape index (κ3) is 4.38. The van der Waals surface area contributed by atoms with Gasteiger partial charge in [0.05, 0.1) is 27.9 Å². The van der Waals surface area contributed by atoms with E-state index in [1.54, 1.807) is 12.1 Å². The summed E-state index contributed by atoms with van der Waals surface area (Å²) in [4.78, 5) is 40.6. The van der Waals surface area contributed by atoms with Crippen LogP contribution in [0.4, 0.5) is 0 Å². The number of benzene rings is 1. The summed E-state index contributed by atoms with van der Waals surface area (Å²) in [7, 11) is 4.49. The molecule has 158 valence electrons. The van der Waals surface area contributed by atoms with Crippen LogP contribution in [0.3, 0.4) is 0 Å². The Hall–Kier alpha value is -3.53. The number of methoxy groups -OCH3 is 3. The first-order chi connectivity index (χ1) is 14.5. The third-order valence-corrected chi connectivity index (χ3v) is 5.24. The van der Waals surface area contributed by atoms with Crippen molar-refractivity contribution in [3.05, 3.63) is 72.7 Å². The number of ether oxygens (including phenoxy) is 3. The molecule has 0 saturated heterocycles. The number of carbonyl (C=O) groups excluding carboxylic acids is 1. The Bertz CT molecular complexity index is 1130. The van der Waals surface area contributed by atoms with Crippen LogP contribution in [0.2, 0.25) is 0 Å². The predicted molar refractivity (Wildman–Crippen MR) is 112 cm³/mol. The van der Waals surface area contributed by atoms with Gasteiger partial charge in [0.2, 0.25) is 5.75 Å². The van der Waals surface area contributed by atoms with Crippen molar-refractivity contribution in [2.45, 2.75) is 13.1 Å². The van der Waals surface area contributed by atoms with Crippen molar-refractivity contribution in [1.82, 2.24) is 14.9 Å². The minimum atomic E-state index is -0.658. The molecule has 9 nitrogen and oxygen atoms in total. The first kappa shape index (κ1) is 21.2. The Balaban J connectivity index is 1.82. The van der Waals surface area contributed by atoms with Gasteiger partial charge < -0.3 is 24.5 Å². The summed E-state index contributed by atoms with van der Waals surface area (Å²) >= 11 is 1.42. The van der Waals surface area contributed by atoms with E-state index in [0.29, 0.717) is 22.8 Å². The van der Waals surface area contributed by atoms with Gasteiger partial charge in [-0.05, 0) is 29.1 Å². The smallest absolute Gasteiger partial charge is 0.328 e. The van der Waals surface area contributed by atoms with Crippen molar-refractivity contribution in [2.24, 2.45) is 0 Å². The average Bonchev–Trinajstić information content (AvgIpc) is 3.27. The van der Waals surface area contributed by atoms with Crippen LogP contribution in [0.5, 0.6) is 17.2 Å². The summed E-state index contributed by atoms with van der Waals surface area (Å²) in [6.45, 7) is 0.207. The van der Waals surface area contributed by atoms with Crippen molar-refractivity contribution < 1.29 is 19.0 Å². The van der Waals surface area contributed by atoms with Gasteiger partial charge in [-0.15, -0.1) is 11.3 Å². The fourth-order valence-electron chi connectivity index (χ4n) is 2.89. The molecule has 2 heterocycles. The Morgan fingerprint density at radius 1 is 1.13 bits per heavy atom. The number of nitrogens with one attached hydrogen (secondary N) is 2. The standard InChI is InChI=1S/C20H21N3O6S/c1-27-15-7-12(8-16(28-2)17(15)29-3)9-21-18(24)14-10-22-20(26)23(19(14)25)11-13-5-4-6-30-13/h4-8,10H,9,11H2,1-3H3,(H,21,24)(H,22,26). The number of thiophene rings is 1. The van der Waals surface area contributed by atoms with E-state index >= 15 is 0 Å². The second-order valence-electron chi connectivity index (χ2n) is 6.19. The van der Waals surface area contributed by atoms with E-state index in [1.165, 1.54) is 32.7 Å². The normalized spacial score (nSPS) is 10.5. The van der Waals surface area contributed by atoms with Gasteiger partial charge in [-0.1, -0.05) is 6.07 Å². The fraction of sp³-hybridized carbons (Fsp3) is 0.250. The molecule has 2 N–H and O–H groups in total. The number of amides is 1. The van der Waals surface area contributed by atoms with Crippen LogP contribution >= 0.6 is 11.3 Å². The fourth-order valence-corrected chi connectivity index (χ4v) is 3.58. The molecule has 3 aromatic rings. The molecule has 0 radical (unpaired) electrons. The molecule has 1 amide bonds. The molecule has 10 heteroatoms. The van der Waals surface area contributed by atoms with E-state index in [1.807, 2.05) is 17.5 Å². The molecule has 0 spiro atoms. The number of carbonyl (C=O) groups is 1. The van der Waals surface area contributed by atoms with Crippen LogP contribution < -0.4 is 30.8 Å². The molecule has 0 saturated carbocycles. The van der Waals surface area contributed by atoms with Crippen molar-refractivity contribution in [3.8, 4) is 17.2 Å². The lowest BCUT2D eigenvalue weighted by molar-refractivity contribution is 0.0948. The number of nitrogens with zero attached hydrogens (tertiary/aromatic N) is 1. The molecule has 30 heavy (non-hydrogen) atoms. The zero-order valence-corrected chi connectivity index (χ0v) is 17.5. The summed E-state index contributed by atoms with van der Waals surface area (Å²) in [6.07, 6.45) is 1.13. The van der Waals surface area contributed by atoms with E-state index in [2.05, 4.69) is 10.3 Å². The maximum absolute atomic E-state index is 12.7. The topological polar surface area (TPSA) is 112 Å². The average molecular weight is 431 g/mol. The van der Waals surface area contributed by atoms with Crippen LogP contribution in [0, 0.1) is 0 Å². The van der Waals surface area contributed by atoms with Gasteiger partial charge in [0.15, 0.2) is 11.5 Å². The summed E-state index contributed by atoms with van der Waals surface area (Å²) < 4.78 is 16.9. The number of H-pyrrole nitrogens is 1. The minimum absolute atomic E-state index is 0.0971. The lowest BCUT2D eigenvalue weighted by Crippen LogP contribution is -2.40. The zero-order chi connectivity index (χ0) is 21.7. The maximum Gasteiger partial charge on any atom is 0.328 e. The van der Waals surface area contributed by atoms with Crippen molar-refractivity contribution >= 4 is 17.2 Å². The van der Waals surface area contributed by atoms with Crippen molar-refractivity contribution in [1.29, 1.82) is 0 Å². The molecule has 0 unspecified atom stereocenters. The van der Waals surface area contributed by atoms with E-state index < -0.39 is 17.2 Å². The van der Waals surface area contributed by atoms with Crippen LogP contribution in [0.25, 0.3) is 0 Å². The van der Waals surface area contributed by atoms with E-state index in [0.717, 1.165) is 15.6 Å². The van der Waals surface area contributed by atoms with Crippen molar-refractivity contribution in [2.75, 3.05) is 21.3 Å². The third-order valence-electron chi connectivity index (χ3n) is 4.38. The first-order valence-electron chi connectivity index (χ1n) is 8.90. The summed E-state index contributed by atoms with van der Waals surface area (Å²) in [5.41, 5.74) is -0.705. The number of rotatable bonds is 8. The largest absolute Gasteiger partial charge is 0.493 e. The number of aromatic amines is 1. The van der Waals surface area contributed by atoms with Crippen LogP contribution in [0.1, 0.15) is 20.8 Å². The summed E-state index contributed by atoms with van der Waals surface area (Å²) in [5, 5.41) is 4.53. The molecule has 1 aromatic carbocycles. The molecule has 0 aliphatic heterocycles. The van der Waals surface area contributed by atoms with Crippen molar-refractivity contribution in [3.63, 3.8) is 0 Å². The Morgan fingerprint density at radius 2 is 1.83 bits per heavy atom. The molecule has 0 aliphatic rings. The highest BCUT2D eigenvalue weighted by atomic mass is 32.1. The minimum Gasteiger partial charge on any atom is -0.493 e. The van der Waals surface area contributed by atoms with Gasteiger partial charge >= 0.3 is 5.69 Å². The second kappa shape index (κ2) is 9.31. The highest BCUT2D eigenvalue weighted by Gasteiger charge is 2.17. The van der Waals surface area contributed by atoms with Gasteiger partial charge in [0.1, 0.15) is 5.56 Å². The number of aromatic nitrogens is 2. The van der Waals surface area contributed by atoms with Gasteiger partial charge in [-0.25, -0.2) is 4.79 Å². The van der Waals surface area contributed by atoms with E-state index in [-0.39, 0.29) is 18.7 Å². The quantitative estimate of drug-likeness (QED) is 0.560. The highest BCUT2D eigenvalue weighted by molar-refractivity contribution is 7.09. The molecule has 0 atom stereocenters. The second-order valence-corrected chi connectivity index (χ2v) is 7.23. The van der Waals surface area contributed by atoms with E-state index in [4.69, 9.17) is 14.2 Å². The number of hydrogen-bond acceptors (Lipinski definition) is 7. The molecule has 3 rings (SSSR count). The van der Waals surface area contributed by atoms with Gasteiger partial charge in [-0.3, -0.25) is 14.2 Å². The van der Waals surface area contributed by atoms with Gasteiger partial charge in [0.25, 0.3) is 11.5 Å². The SMILES string of the molecule is COc1cc(CNC(=O)c2c[nH]c(=O)n(Cc3cccs3)c2=O)cc(OC)c1OC. The molecular weight excluding hydrogens is 410 g/mol. The van der Waals surface area contributed by atoms with Gasteiger partial charge in [-0.2, -0.15) is 0 Å².